The van der Waals surface area contributed by atoms with Gasteiger partial charge in [-0.3, -0.25) is 0 Å². The van der Waals surface area contributed by atoms with Crippen LogP contribution in [0.1, 0.15) is 105 Å². The molecule has 0 aromatic rings. The zero-order valence-electron chi connectivity index (χ0n) is 15.4. The van der Waals surface area contributed by atoms with Gasteiger partial charge in [0.25, 0.3) is 0 Å². The van der Waals surface area contributed by atoms with Gasteiger partial charge in [0.2, 0.25) is 0 Å². The molecule has 2 N–H and O–H groups in total. The predicted molar refractivity (Wildman–Crippen MR) is 95.8 cm³/mol. The van der Waals surface area contributed by atoms with Crippen LogP contribution in [-0.2, 0) is 0 Å². The standard InChI is InChI=1S/C20H38O2/c1-5-7-9-11-13-15-19(3,21)17-18-20(4,22)16-14-12-10-8-6-2/h21-22H,5-16H2,1-4H3. The quantitative estimate of drug-likeness (QED) is 0.383. The molecule has 0 spiro atoms. The third-order valence-electron chi connectivity index (χ3n) is 4.14. The lowest BCUT2D eigenvalue weighted by Gasteiger charge is -2.20. The first-order valence-electron chi connectivity index (χ1n) is 9.32. The molecule has 0 heterocycles. The molecule has 0 saturated carbocycles. The Kier molecular flexibility index (Phi) is 11.7. The summed E-state index contributed by atoms with van der Waals surface area (Å²) in [7, 11) is 0. The maximum atomic E-state index is 10.3. The molecule has 2 nitrogen and oxygen atoms in total. The minimum Gasteiger partial charge on any atom is -0.378 e. The molecule has 0 saturated heterocycles. The summed E-state index contributed by atoms with van der Waals surface area (Å²) < 4.78 is 0. The van der Waals surface area contributed by atoms with Crippen molar-refractivity contribution in [2.75, 3.05) is 0 Å². The minimum absolute atomic E-state index is 0.691. The van der Waals surface area contributed by atoms with Crippen LogP contribution in [-0.4, -0.2) is 21.4 Å². The van der Waals surface area contributed by atoms with Crippen molar-refractivity contribution >= 4 is 0 Å². The van der Waals surface area contributed by atoms with Crippen LogP contribution >= 0.6 is 0 Å². The van der Waals surface area contributed by atoms with E-state index in [2.05, 4.69) is 25.7 Å². The molecule has 0 aliphatic heterocycles. The van der Waals surface area contributed by atoms with Crippen molar-refractivity contribution in [3.8, 4) is 11.8 Å². The molecular weight excluding hydrogens is 272 g/mol. The van der Waals surface area contributed by atoms with Gasteiger partial charge in [-0.15, -0.1) is 0 Å². The van der Waals surface area contributed by atoms with E-state index in [4.69, 9.17) is 0 Å². The van der Waals surface area contributed by atoms with Gasteiger partial charge in [0.1, 0.15) is 11.2 Å². The smallest absolute Gasteiger partial charge is 0.122 e. The van der Waals surface area contributed by atoms with E-state index in [0.29, 0.717) is 12.8 Å². The molecule has 2 atom stereocenters. The molecule has 0 aromatic carbocycles. The molecule has 0 aliphatic carbocycles. The average molecular weight is 311 g/mol. The lowest BCUT2D eigenvalue weighted by Crippen LogP contribution is -2.26. The van der Waals surface area contributed by atoms with E-state index in [1.54, 1.807) is 13.8 Å². The molecule has 0 aromatic heterocycles. The van der Waals surface area contributed by atoms with Gasteiger partial charge in [-0.25, -0.2) is 0 Å². The summed E-state index contributed by atoms with van der Waals surface area (Å²) >= 11 is 0. The first-order valence-corrected chi connectivity index (χ1v) is 9.32. The van der Waals surface area contributed by atoms with E-state index in [9.17, 15) is 10.2 Å². The van der Waals surface area contributed by atoms with Crippen LogP contribution in [0, 0.1) is 11.8 Å². The Balaban J connectivity index is 4.07. The topological polar surface area (TPSA) is 40.5 Å². The second-order valence-corrected chi connectivity index (χ2v) is 7.13. The molecule has 0 aliphatic rings. The monoisotopic (exact) mass is 310 g/mol. The molecule has 130 valence electrons. The number of hydrogen-bond donors (Lipinski definition) is 2. The van der Waals surface area contributed by atoms with Crippen molar-refractivity contribution < 1.29 is 10.2 Å². The molecule has 2 unspecified atom stereocenters. The fraction of sp³-hybridized carbons (Fsp3) is 0.900. The zero-order valence-corrected chi connectivity index (χ0v) is 15.4. The van der Waals surface area contributed by atoms with Crippen LogP contribution in [0.5, 0.6) is 0 Å². The second-order valence-electron chi connectivity index (χ2n) is 7.13. The molecule has 0 fully saturated rings. The van der Waals surface area contributed by atoms with Crippen LogP contribution in [0.4, 0.5) is 0 Å². The van der Waals surface area contributed by atoms with E-state index < -0.39 is 11.2 Å². The van der Waals surface area contributed by atoms with Gasteiger partial charge in [-0.1, -0.05) is 77.1 Å². The van der Waals surface area contributed by atoms with Gasteiger partial charge in [0, 0.05) is 0 Å². The largest absolute Gasteiger partial charge is 0.378 e. The van der Waals surface area contributed by atoms with E-state index in [1.807, 2.05) is 0 Å². The fourth-order valence-corrected chi connectivity index (χ4v) is 2.54. The van der Waals surface area contributed by atoms with E-state index in [-0.39, 0.29) is 0 Å². The molecule has 0 radical (unpaired) electrons. The average Bonchev–Trinajstić information content (AvgIpc) is 2.45. The third kappa shape index (κ3) is 13.2. The summed E-state index contributed by atoms with van der Waals surface area (Å²) in [5, 5.41) is 20.6. The van der Waals surface area contributed by atoms with E-state index >= 15 is 0 Å². The van der Waals surface area contributed by atoms with Crippen LogP contribution in [0.25, 0.3) is 0 Å². The molecule has 0 bridgehead atoms. The molecule has 0 rings (SSSR count). The normalized spacial score (nSPS) is 16.5. The maximum Gasteiger partial charge on any atom is 0.122 e. The van der Waals surface area contributed by atoms with Crippen molar-refractivity contribution in [1.82, 2.24) is 0 Å². The highest BCUT2D eigenvalue weighted by atomic mass is 16.3. The Morgan fingerprint density at radius 1 is 0.591 bits per heavy atom. The highest BCUT2D eigenvalue weighted by Crippen LogP contribution is 2.18. The summed E-state index contributed by atoms with van der Waals surface area (Å²) in [6, 6.07) is 0. The fourth-order valence-electron chi connectivity index (χ4n) is 2.54. The number of hydrogen-bond acceptors (Lipinski definition) is 2. The SMILES string of the molecule is CCCCCCCC(C)(O)C#CC(C)(O)CCCCCCC. The third-order valence-corrected chi connectivity index (χ3v) is 4.14. The Hall–Kier alpha value is -0.520. The van der Waals surface area contributed by atoms with Crippen molar-refractivity contribution in [2.24, 2.45) is 0 Å². The summed E-state index contributed by atoms with van der Waals surface area (Å²) in [4.78, 5) is 0. The lowest BCUT2D eigenvalue weighted by atomic mass is 9.94. The molecule has 0 amide bonds. The van der Waals surface area contributed by atoms with Crippen molar-refractivity contribution in [3.05, 3.63) is 0 Å². The van der Waals surface area contributed by atoms with Gasteiger partial charge >= 0.3 is 0 Å². The van der Waals surface area contributed by atoms with Gasteiger partial charge in [-0.05, 0) is 39.5 Å². The number of aliphatic hydroxyl groups is 2. The van der Waals surface area contributed by atoms with E-state index in [0.717, 1.165) is 25.7 Å². The Labute approximate surface area is 138 Å². The predicted octanol–water partition coefficient (Wildman–Crippen LogP) is 5.21. The molecule has 22 heavy (non-hydrogen) atoms. The first-order chi connectivity index (χ1) is 10.3. The van der Waals surface area contributed by atoms with Crippen molar-refractivity contribution in [3.63, 3.8) is 0 Å². The number of unbranched alkanes of at least 4 members (excludes halogenated alkanes) is 8. The maximum absolute atomic E-state index is 10.3. The molecular formula is C20H38O2. The lowest BCUT2D eigenvalue weighted by molar-refractivity contribution is 0.0968. The van der Waals surface area contributed by atoms with Crippen LogP contribution in [0.2, 0.25) is 0 Å². The van der Waals surface area contributed by atoms with Crippen LogP contribution in [0.3, 0.4) is 0 Å². The Morgan fingerprint density at radius 3 is 1.23 bits per heavy atom. The Morgan fingerprint density at radius 2 is 0.909 bits per heavy atom. The summed E-state index contributed by atoms with van der Waals surface area (Å²) in [6.45, 7) is 7.92. The summed E-state index contributed by atoms with van der Waals surface area (Å²) in [6.07, 6.45) is 13.1. The van der Waals surface area contributed by atoms with Gasteiger partial charge in [-0.2, -0.15) is 0 Å². The highest BCUT2D eigenvalue weighted by Gasteiger charge is 2.20. The van der Waals surface area contributed by atoms with Gasteiger partial charge in [0.05, 0.1) is 0 Å². The second kappa shape index (κ2) is 12.0. The first kappa shape index (κ1) is 21.5. The molecule has 2 heteroatoms. The van der Waals surface area contributed by atoms with Gasteiger partial charge < -0.3 is 10.2 Å². The number of rotatable bonds is 12. The minimum atomic E-state index is -0.974. The summed E-state index contributed by atoms with van der Waals surface area (Å²) in [5.41, 5.74) is -1.95. The van der Waals surface area contributed by atoms with Gasteiger partial charge in [0.15, 0.2) is 0 Å². The van der Waals surface area contributed by atoms with Crippen LogP contribution < -0.4 is 0 Å². The van der Waals surface area contributed by atoms with Crippen LogP contribution in [0.15, 0.2) is 0 Å². The Bertz CT molecular complexity index is 290. The highest BCUT2D eigenvalue weighted by molar-refractivity contribution is 5.19. The van der Waals surface area contributed by atoms with Crippen molar-refractivity contribution in [2.45, 2.75) is 116 Å². The summed E-state index contributed by atoms with van der Waals surface area (Å²) in [5.74, 6) is 5.80. The zero-order chi connectivity index (χ0) is 16.9. The van der Waals surface area contributed by atoms with E-state index in [1.165, 1.54) is 38.5 Å². The van der Waals surface area contributed by atoms with Crippen molar-refractivity contribution in [1.29, 1.82) is 0 Å².